The Labute approximate surface area is 663 Å². The number of ether oxygens (including phenoxy) is 6. The minimum Gasteiger partial charge on any atom is -0.508 e. The highest BCUT2D eigenvalue weighted by molar-refractivity contribution is 6.36. The van der Waals surface area contributed by atoms with Crippen molar-refractivity contribution in [3.8, 4) is 57.1 Å². The summed E-state index contributed by atoms with van der Waals surface area (Å²) < 4.78 is 38.5. The maximum absolute atomic E-state index is 16.2. The molecule has 9 amide bonds. The summed E-state index contributed by atoms with van der Waals surface area (Å²) in [6, 6.07) is 3.38. The number of aliphatic hydroxyl groups is 6. The number of carbonyl (C=O) groups is 9. The summed E-state index contributed by atoms with van der Waals surface area (Å²) in [7, 11) is 1.47. The zero-order valence-corrected chi connectivity index (χ0v) is 63.5. The third-order valence-corrected chi connectivity index (χ3v) is 20.6. The Morgan fingerprint density at radius 1 is 0.681 bits per heavy atom. The highest BCUT2D eigenvalue weighted by atomic mass is 35.5. The van der Waals surface area contributed by atoms with Gasteiger partial charge in [0, 0.05) is 34.2 Å². The summed E-state index contributed by atoms with van der Waals surface area (Å²) in [4.78, 5) is 134. The first kappa shape index (κ1) is 84.0. The molecule has 0 saturated carbocycles. The van der Waals surface area contributed by atoms with Crippen molar-refractivity contribution in [1.82, 2.24) is 42.5 Å². The normalized spacial score (nSPS) is 27.5. The Hall–Kier alpha value is -9.93. The van der Waals surface area contributed by atoms with E-state index >= 15 is 19.2 Å². The number of nitrogens with one attached hydrogen (secondary N) is 9. The molecule has 7 aliphatic rings. The van der Waals surface area contributed by atoms with Gasteiger partial charge in [0.25, 0.3) is 0 Å². The number of anilines is 1. The molecule has 39 heteroatoms. The number of benzene rings is 6. The molecule has 6 aromatic carbocycles. The van der Waals surface area contributed by atoms with Crippen molar-refractivity contribution in [3.05, 3.63) is 145 Å². The van der Waals surface area contributed by atoms with Crippen molar-refractivity contribution in [2.45, 2.75) is 156 Å². The van der Waals surface area contributed by atoms with E-state index in [2.05, 4.69) is 47.9 Å². The van der Waals surface area contributed by atoms with Gasteiger partial charge in [-0.05, 0) is 134 Å². The van der Waals surface area contributed by atoms with E-state index in [0.717, 1.165) is 66.7 Å². The van der Waals surface area contributed by atoms with Crippen LogP contribution < -0.4 is 73.5 Å². The van der Waals surface area contributed by atoms with Crippen LogP contribution in [0.25, 0.3) is 11.1 Å². The topological polar surface area (TPSA) is 551 Å². The number of likely N-dealkylation sites (N-methyl/N-ethyl adjacent to an activating group) is 1. The number of phenolic OH excluding ortho intramolecular Hbond substituents is 3. The second-order valence-corrected chi connectivity index (χ2v) is 29.9. The summed E-state index contributed by atoms with van der Waals surface area (Å²) in [5, 5.41) is 127. The van der Waals surface area contributed by atoms with E-state index in [9.17, 15) is 69.9 Å². The van der Waals surface area contributed by atoms with Crippen LogP contribution in [0.1, 0.15) is 105 Å². The smallest absolute Gasteiger partial charge is 0.248 e. The lowest BCUT2D eigenvalue weighted by Gasteiger charge is -2.47. The predicted molar refractivity (Wildman–Crippen MR) is 400 cm³/mol. The molecule has 13 rings (SSSR count). The Balaban J connectivity index is 1.13. The molecular formula is C74H81Cl4N11O24. The van der Waals surface area contributed by atoms with Gasteiger partial charge in [-0.3, -0.25) is 43.2 Å². The van der Waals surface area contributed by atoms with Gasteiger partial charge >= 0.3 is 0 Å². The standard InChI is InChI=1S/C74H81Cl4N11O24/c1-27(2)14-41(81-5)66(101)88-57-59(96)30-7-12-45(38(77)16-30)109-47-18-32-19-48(63(47)113-73-64(62(99)61(98)49(26-90)111-73)112-52-24-74(4,80)65(100)28(3)108-52)110-46-13-8-31(17-39(46)78)60(97)58-72(107)87-56(68(103)82-25-51(95)83-40-10-9-33(75)20-37(40)76)36-21-34(91)22-44(93)53(36)35-15-29(6-11-43(35)92)54(69(104)89-58)86-70(105)55(32)85-67(102)42(23-50(79)94)84-71(57)106/h6-13,15-22,27-28,41-42,49,52,54-62,64-65,73,81,90-93,96-100H,14,23-26,80H2,1-5H3,(H2,79,94)(H,82,103)(H,83,95)(H,84,106)(H,85,102)(H,86,105)(H,87,107)(H,88,101)(H,89,104)/t28-,41+,42-,49+,52?,54+,55?,56?,57+,58-,59+,60+,61+,62-,64+,65+,73-,74-/m0/s1. The molecule has 18 atom stereocenters. The van der Waals surface area contributed by atoms with E-state index in [4.69, 9.17) is 86.3 Å². The van der Waals surface area contributed by atoms with E-state index in [-0.39, 0.29) is 62.0 Å². The molecule has 7 aliphatic heterocycles. The molecule has 2 saturated heterocycles. The van der Waals surface area contributed by atoms with Gasteiger partial charge in [0.2, 0.25) is 65.2 Å². The number of hydrogen-bond donors (Lipinski definition) is 20. The van der Waals surface area contributed by atoms with Crippen LogP contribution in [-0.2, 0) is 57.4 Å². The molecule has 6 aromatic rings. The van der Waals surface area contributed by atoms with Gasteiger partial charge < -0.3 is 134 Å². The number of fused-ring (bicyclic) bond motifs is 15. The van der Waals surface area contributed by atoms with E-state index in [0.29, 0.717) is 0 Å². The molecule has 11 bridgehead atoms. The number of amides is 9. The van der Waals surface area contributed by atoms with Crippen LogP contribution in [0.3, 0.4) is 0 Å². The van der Waals surface area contributed by atoms with Crippen LogP contribution >= 0.6 is 46.4 Å². The molecule has 35 nitrogen and oxygen atoms in total. The van der Waals surface area contributed by atoms with Gasteiger partial charge in [-0.15, -0.1) is 0 Å². The van der Waals surface area contributed by atoms with Crippen LogP contribution in [0.4, 0.5) is 5.69 Å². The largest absolute Gasteiger partial charge is 0.508 e. The summed E-state index contributed by atoms with van der Waals surface area (Å²) in [5.74, 6) is -16.5. The second kappa shape index (κ2) is 34.8. The first-order chi connectivity index (χ1) is 53.4. The van der Waals surface area contributed by atoms with Crippen LogP contribution in [0.5, 0.6) is 46.0 Å². The zero-order chi connectivity index (χ0) is 82.1. The molecule has 0 spiro atoms. The van der Waals surface area contributed by atoms with E-state index in [1.165, 1.54) is 51.2 Å². The second-order valence-electron chi connectivity index (χ2n) is 28.3. The predicted octanol–water partition coefficient (Wildman–Crippen LogP) is 2.08. The van der Waals surface area contributed by atoms with Gasteiger partial charge in [-0.25, -0.2) is 0 Å². The third-order valence-electron chi connectivity index (χ3n) is 19.4. The summed E-state index contributed by atoms with van der Waals surface area (Å²) in [6.45, 7) is 4.76. The molecule has 0 aromatic heterocycles. The number of aromatic hydroxyl groups is 3. The van der Waals surface area contributed by atoms with Gasteiger partial charge in [0.15, 0.2) is 23.9 Å². The fourth-order valence-corrected chi connectivity index (χ4v) is 14.5. The Morgan fingerprint density at radius 2 is 1.31 bits per heavy atom. The third kappa shape index (κ3) is 18.7. The number of primary amides is 1. The molecule has 2 fully saturated rings. The lowest BCUT2D eigenvalue weighted by atomic mass is 9.86. The average Bonchev–Trinajstić information content (AvgIpc) is 0.763. The van der Waals surface area contributed by atoms with Crippen molar-refractivity contribution in [2.24, 2.45) is 17.4 Å². The summed E-state index contributed by atoms with van der Waals surface area (Å²) in [6.07, 6.45) is -18.8. The van der Waals surface area contributed by atoms with Crippen molar-refractivity contribution < 1.29 is 118 Å². The summed E-state index contributed by atoms with van der Waals surface area (Å²) >= 11 is 26.6. The number of carbonyl (C=O) groups excluding carboxylic acids is 9. The first-order valence-electron chi connectivity index (χ1n) is 35.2. The van der Waals surface area contributed by atoms with Crippen molar-refractivity contribution in [2.75, 3.05) is 25.5 Å². The molecule has 0 radical (unpaired) electrons. The van der Waals surface area contributed by atoms with Crippen LogP contribution in [0, 0.1) is 5.92 Å². The highest BCUT2D eigenvalue weighted by Gasteiger charge is 2.52. The van der Waals surface area contributed by atoms with E-state index in [1.54, 1.807) is 0 Å². The van der Waals surface area contributed by atoms with Crippen LogP contribution in [-0.4, -0.2) is 198 Å². The SMILES string of the molecule is CN[C@H](CC(C)C)C(=O)N[C@H]1C(=O)N[C@@H](CC(N)=O)C(=O)NC2C(=O)N[C@H]3C(=O)N[C@H](C(=O)NC(C(=O)NCC(=O)Nc4ccc(Cl)cc4Cl)c4cc(O)cc(O)c4-c4cc3ccc4O)[C@H](O)c3ccc(c(Cl)c3)Oc3cc2cc(c3O[C@@H]2O[C@H](CO)[C@@H](O)[C@H](O)[C@H]2OC2C[C@](C)(N)[C@H](O)[C@H](C)O2)Oc2ccc(cc2Cl)[C@H]1O. The number of halogens is 4. The van der Waals surface area contributed by atoms with E-state index in [1.807, 2.05) is 13.8 Å². The van der Waals surface area contributed by atoms with Gasteiger partial charge in [-0.1, -0.05) is 78.5 Å². The number of hydrogen-bond acceptors (Lipinski definition) is 26. The molecule has 7 heterocycles. The van der Waals surface area contributed by atoms with Gasteiger partial charge in [-0.2, -0.15) is 0 Å². The molecular weight excluding hydrogens is 1570 g/mol. The lowest BCUT2D eigenvalue weighted by molar-refractivity contribution is -0.333. The molecule has 22 N–H and O–H groups in total. The first-order valence-corrected chi connectivity index (χ1v) is 36.7. The number of rotatable bonds is 16. The Bertz CT molecular complexity index is 4720. The lowest BCUT2D eigenvalue weighted by Crippen LogP contribution is -2.64. The van der Waals surface area contributed by atoms with E-state index < -0.39 is 250 Å². The fourth-order valence-electron chi connectivity index (χ4n) is 13.6. The number of nitrogens with two attached hydrogens (primary N) is 2. The van der Waals surface area contributed by atoms with Crippen molar-refractivity contribution >= 4 is 105 Å². The minimum atomic E-state index is -2.38. The van der Waals surface area contributed by atoms with Crippen LogP contribution in [0.2, 0.25) is 20.1 Å². The zero-order valence-electron chi connectivity index (χ0n) is 60.5. The Kier molecular flexibility index (Phi) is 25.9. The van der Waals surface area contributed by atoms with Gasteiger partial charge in [0.1, 0.15) is 95.5 Å². The highest BCUT2D eigenvalue weighted by Crippen LogP contribution is 2.50. The average molecular weight is 1650 g/mol. The number of phenols is 3. The molecule has 113 heavy (non-hydrogen) atoms. The van der Waals surface area contributed by atoms with Gasteiger partial charge in [0.05, 0.1) is 58.6 Å². The maximum atomic E-state index is 16.2. The maximum Gasteiger partial charge on any atom is 0.248 e. The van der Waals surface area contributed by atoms with Crippen molar-refractivity contribution in [3.63, 3.8) is 0 Å². The minimum absolute atomic E-state index is 0.00628. The quantitative estimate of drug-likeness (QED) is 0.0659. The number of aliphatic hydroxyl groups excluding tert-OH is 6. The van der Waals surface area contributed by atoms with Crippen molar-refractivity contribution in [1.29, 1.82) is 0 Å². The molecule has 3 unspecified atom stereocenters. The van der Waals surface area contributed by atoms with Crippen LogP contribution in [0.15, 0.2) is 97.1 Å². The monoisotopic (exact) mass is 1650 g/mol. The Morgan fingerprint density at radius 3 is 1.92 bits per heavy atom. The molecule has 0 aliphatic carbocycles. The summed E-state index contributed by atoms with van der Waals surface area (Å²) in [5.41, 5.74) is 8.09. The fraction of sp³-hybridized carbons (Fsp3) is 0.392. The molecule has 604 valence electrons.